The Bertz CT molecular complexity index is 879. The topological polar surface area (TPSA) is 81.3 Å². The van der Waals surface area contributed by atoms with Gasteiger partial charge in [-0.1, -0.05) is 11.8 Å². The van der Waals surface area contributed by atoms with Gasteiger partial charge in [-0.05, 0) is 49.4 Å². The Morgan fingerprint density at radius 1 is 1.31 bits per heavy atom. The number of furan rings is 1. The fourth-order valence-corrected chi connectivity index (χ4v) is 3.28. The molecule has 6 nitrogen and oxygen atoms in total. The minimum Gasteiger partial charge on any atom is -0.506 e. The van der Waals surface area contributed by atoms with Gasteiger partial charge in [-0.25, -0.2) is 9.79 Å². The van der Waals surface area contributed by atoms with Gasteiger partial charge in [-0.15, -0.1) is 0 Å². The zero-order chi connectivity index (χ0) is 18.5. The molecule has 134 valence electrons. The van der Waals surface area contributed by atoms with Crippen molar-refractivity contribution in [2.75, 3.05) is 13.7 Å². The van der Waals surface area contributed by atoms with Crippen molar-refractivity contribution in [1.29, 1.82) is 0 Å². The molecule has 3 rings (SSSR count). The molecule has 0 aliphatic carbocycles. The number of ether oxygens (including phenoxy) is 2. The molecule has 0 amide bonds. The maximum absolute atomic E-state index is 12.3. The number of thioether (sulfide) groups is 1. The molecule has 1 aliphatic rings. The summed E-state index contributed by atoms with van der Waals surface area (Å²) in [5, 5.41) is 10.9. The number of nitrogens with zero attached hydrogens (tertiary/aromatic N) is 1. The summed E-state index contributed by atoms with van der Waals surface area (Å²) in [7, 11) is 1.58. The Labute approximate surface area is 154 Å². The van der Waals surface area contributed by atoms with E-state index in [-0.39, 0.29) is 17.9 Å². The van der Waals surface area contributed by atoms with Gasteiger partial charge in [-0.2, -0.15) is 0 Å². The first-order valence-corrected chi connectivity index (χ1v) is 8.71. The highest BCUT2D eigenvalue weighted by atomic mass is 32.2. The number of carbonyl (C=O) groups is 1. The van der Waals surface area contributed by atoms with E-state index in [1.165, 1.54) is 18.0 Å². The van der Waals surface area contributed by atoms with E-state index in [1.54, 1.807) is 56.5 Å². The molecule has 26 heavy (non-hydrogen) atoms. The lowest BCUT2D eigenvalue weighted by atomic mass is 10.2. The van der Waals surface area contributed by atoms with Crippen molar-refractivity contribution in [3.8, 4) is 5.75 Å². The number of aliphatic hydroxyl groups excluding tert-OH is 1. The van der Waals surface area contributed by atoms with Crippen molar-refractivity contribution in [2.24, 2.45) is 4.99 Å². The second-order valence-corrected chi connectivity index (χ2v) is 6.22. The Kier molecular flexibility index (Phi) is 5.48. The molecule has 1 aromatic heterocycles. The molecule has 2 aromatic rings. The monoisotopic (exact) mass is 371 g/mol. The summed E-state index contributed by atoms with van der Waals surface area (Å²) in [6.45, 7) is 1.91. The summed E-state index contributed by atoms with van der Waals surface area (Å²) < 4.78 is 15.5. The van der Waals surface area contributed by atoms with Gasteiger partial charge in [0.15, 0.2) is 0 Å². The van der Waals surface area contributed by atoms with E-state index >= 15 is 0 Å². The minimum atomic E-state index is -0.618. The molecule has 0 saturated carbocycles. The van der Waals surface area contributed by atoms with E-state index in [1.807, 2.05) is 0 Å². The smallest absolute Gasteiger partial charge is 0.344 e. The van der Waals surface area contributed by atoms with Crippen LogP contribution in [0.2, 0.25) is 0 Å². The highest BCUT2D eigenvalue weighted by Crippen LogP contribution is 2.40. The molecule has 0 radical (unpaired) electrons. The Hall–Kier alpha value is -2.93. The van der Waals surface area contributed by atoms with Crippen LogP contribution >= 0.6 is 11.8 Å². The average molecular weight is 371 g/mol. The molecule has 0 bridgehead atoms. The lowest BCUT2D eigenvalue weighted by molar-refractivity contribution is -0.138. The number of rotatable bonds is 5. The quantitative estimate of drug-likeness (QED) is 0.781. The molecule has 7 heteroatoms. The first kappa shape index (κ1) is 17.9. The Morgan fingerprint density at radius 3 is 2.69 bits per heavy atom. The van der Waals surface area contributed by atoms with Crippen LogP contribution < -0.4 is 4.74 Å². The Balaban J connectivity index is 1.99. The molecule has 0 atom stereocenters. The van der Waals surface area contributed by atoms with Crippen molar-refractivity contribution in [3.05, 3.63) is 64.7 Å². The first-order valence-electron chi connectivity index (χ1n) is 7.89. The molecule has 1 N–H and O–H groups in total. The molecule has 0 fully saturated rings. The van der Waals surface area contributed by atoms with E-state index in [0.29, 0.717) is 27.1 Å². The predicted molar refractivity (Wildman–Crippen MR) is 101 cm³/mol. The van der Waals surface area contributed by atoms with Gasteiger partial charge in [0, 0.05) is 0 Å². The molecule has 2 heterocycles. The summed E-state index contributed by atoms with van der Waals surface area (Å²) in [4.78, 5) is 17.2. The van der Waals surface area contributed by atoms with Gasteiger partial charge in [0.2, 0.25) is 0 Å². The van der Waals surface area contributed by atoms with Crippen LogP contribution in [0.15, 0.2) is 68.3 Å². The fraction of sp³-hybridized carbons (Fsp3) is 0.158. The van der Waals surface area contributed by atoms with Crippen molar-refractivity contribution >= 4 is 34.5 Å². The standard InChI is InChI=1S/C19H17NO5S/c1-3-24-19(22)16-17(21)15(11-14-5-4-10-25-14)26-18(16)20-12-6-8-13(23-2)9-7-12/h4-11,21H,3H2,1-2H3/b15-11+,20-18?. The maximum atomic E-state index is 12.3. The second kappa shape index (κ2) is 7.97. The van der Waals surface area contributed by atoms with Crippen molar-refractivity contribution in [2.45, 2.75) is 6.92 Å². The van der Waals surface area contributed by atoms with Crippen LogP contribution in [0.4, 0.5) is 5.69 Å². The first-order chi connectivity index (χ1) is 12.6. The van der Waals surface area contributed by atoms with E-state index in [2.05, 4.69) is 4.99 Å². The van der Waals surface area contributed by atoms with Gasteiger partial charge in [0.1, 0.15) is 27.9 Å². The highest BCUT2D eigenvalue weighted by molar-refractivity contribution is 8.18. The molecular formula is C19H17NO5S. The third-order valence-corrected chi connectivity index (χ3v) is 4.51. The van der Waals surface area contributed by atoms with E-state index in [0.717, 1.165) is 0 Å². The minimum absolute atomic E-state index is 0.0467. The number of esters is 1. The lowest BCUT2D eigenvalue weighted by Crippen LogP contribution is -2.12. The molecule has 1 aromatic carbocycles. The highest BCUT2D eigenvalue weighted by Gasteiger charge is 2.33. The summed E-state index contributed by atoms with van der Waals surface area (Å²) >= 11 is 1.18. The van der Waals surface area contributed by atoms with Gasteiger partial charge in [-0.3, -0.25) is 0 Å². The normalized spacial score (nSPS) is 17.2. The molecule has 0 unspecified atom stereocenters. The van der Waals surface area contributed by atoms with E-state index < -0.39 is 5.97 Å². The zero-order valence-corrected chi connectivity index (χ0v) is 15.1. The molecular weight excluding hydrogens is 354 g/mol. The largest absolute Gasteiger partial charge is 0.506 e. The molecule has 0 spiro atoms. The van der Waals surface area contributed by atoms with Crippen LogP contribution in [0.3, 0.4) is 0 Å². The van der Waals surface area contributed by atoms with Crippen LogP contribution in [-0.2, 0) is 9.53 Å². The van der Waals surface area contributed by atoms with Crippen molar-refractivity contribution in [3.63, 3.8) is 0 Å². The summed E-state index contributed by atoms with van der Waals surface area (Å²) in [6.07, 6.45) is 3.18. The third kappa shape index (κ3) is 3.83. The fourth-order valence-electron chi connectivity index (χ4n) is 2.27. The van der Waals surface area contributed by atoms with Gasteiger partial charge >= 0.3 is 5.97 Å². The van der Waals surface area contributed by atoms with Crippen LogP contribution in [0.5, 0.6) is 5.75 Å². The zero-order valence-electron chi connectivity index (χ0n) is 14.3. The van der Waals surface area contributed by atoms with E-state index in [9.17, 15) is 9.90 Å². The van der Waals surface area contributed by atoms with Crippen LogP contribution in [0.25, 0.3) is 6.08 Å². The number of hydrogen-bond donors (Lipinski definition) is 1. The second-order valence-electron chi connectivity index (χ2n) is 5.19. The summed E-state index contributed by atoms with van der Waals surface area (Å²) in [6, 6.07) is 10.6. The molecule has 0 saturated heterocycles. The SMILES string of the molecule is CCOC(=O)C1=C(O)/C(=C\c2ccco2)SC1=Nc1ccc(OC)cc1. The van der Waals surface area contributed by atoms with Crippen LogP contribution in [-0.4, -0.2) is 29.8 Å². The van der Waals surface area contributed by atoms with Crippen molar-refractivity contribution in [1.82, 2.24) is 0 Å². The third-order valence-electron chi connectivity index (χ3n) is 3.49. The summed E-state index contributed by atoms with van der Waals surface area (Å²) in [5.74, 6) is 0.480. The van der Waals surface area contributed by atoms with Crippen LogP contribution in [0.1, 0.15) is 12.7 Å². The number of aliphatic imine (C=N–C) groups is 1. The Morgan fingerprint density at radius 2 is 2.08 bits per heavy atom. The lowest BCUT2D eigenvalue weighted by Gasteiger charge is -2.04. The van der Waals surface area contributed by atoms with Crippen molar-refractivity contribution < 1.29 is 23.8 Å². The van der Waals surface area contributed by atoms with Crippen LogP contribution in [0, 0.1) is 0 Å². The number of benzene rings is 1. The number of hydrogen-bond acceptors (Lipinski definition) is 7. The van der Waals surface area contributed by atoms with Gasteiger partial charge < -0.3 is 19.0 Å². The molecule has 1 aliphatic heterocycles. The van der Waals surface area contributed by atoms with Gasteiger partial charge in [0.05, 0.1) is 30.6 Å². The number of aliphatic hydroxyl groups is 1. The predicted octanol–water partition coefficient (Wildman–Crippen LogP) is 4.48. The van der Waals surface area contributed by atoms with E-state index in [4.69, 9.17) is 13.9 Å². The maximum Gasteiger partial charge on any atom is 0.344 e. The number of methoxy groups -OCH3 is 1. The van der Waals surface area contributed by atoms with Gasteiger partial charge in [0.25, 0.3) is 0 Å². The summed E-state index contributed by atoms with van der Waals surface area (Å²) in [5.41, 5.74) is 0.674. The average Bonchev–Trinajstić information content (AvgIpc) is 3.25. The number of carbonyl (C=O) groups excluding carboxylic acids is 1.